The summed E-state index contributed by atoms with van der Waals surface area (Å²) < 4.78 is 5.38. The number of urea groups is 1. The van der Waals surface area contributed by atoms with Crippen LogP contribution in [0.4, 0.5) is 4.79 Å². The van der Waals surface area contributed by atoms with Gasteiger partial charge in [-0.1, -0.05) is 12.8 Å². The van der Waals surface area contributed by atoms with Crippen LogP contribution in [-0.2, 0) is 24.3 Å². The highest BCUT2D eigenvalue weighted by atomic mass is 16.5. The van der Waals surface area contributed by atoms with Gasteiger partial charge < -0.3 is 20.1 Å². The number of carbonyl (C=O) groups is 1. The number of aliphatic hydroxyl groups is 1. The minimum atomic E-state index is -0.397. The quantitative estimate of drug-likeness (QED) is 0.848. The molecule has 3 aliphatic rings. The number of aliphatic hydroxyl groups excluding tert-OH is 1. The standard InChI is InChI=1S/C17H24N4O3/c22-14-3-7-21(17(14)5-1-2-6-17)16(23)19-10-15-18-9-12-11-24-8-4-13(12)20-15/h9,14,22H,1-8,10-11H2,(H,19,23). The van der Waals surface area contributed by atoms with Crippen LogP contribution in [0.2, 0.25) is 0 Å². The lowest BCUT2D eigenvalue weighted by Gasteiger charge is -2.37. The number of amides is 2. The van der Waals surface area contributed by atoms with Crippen LogP contribution < -0.4 is 5.32 Å². The maximum absolute atomic E-state index is 12.6. The first-order valence-corrected chi connectivity index (χ1v) is 8.84. The first kappa shape index (κ1) is 15.8. The third-order valence-electron chi connectivity index (χ3n) is 5.64. The third-order valence-corrected chi connectivity index (χ3v) is 5.64. The second kappa shape index (κ2) is 6.29. The number of carbonyl (C=O) groups excluding carboxylic acids is 1. The minimum absolute atomic E-state index is 0.113. The minimum Gasteiger partial charge on any atom is -0.391 e. The van der Waals surface area contributed by atoms with E-state index >= 15 is 0 Å². The molecule has 24 heavy (non-hydrogen) atoms. The summed E-state index contributed by atoms with van der Waals surface area (Å²) in [4.78, 5) is 23.3. The fraction of sp³-hybridized carbons (Fsp3) is 0.706. The summed E-state index contributed by atoms with van der Waals surface area (Å²) in [6.07, 6.45) is 6.82. The Morgan fingerprint density at radius 2 is 2.29 bits per heavy atom. The lowest BCUT2D eigenvalue weighted by molar-refractivity contribution is 0.0487. The van der Waals surface area contributed by atoms with E-state index in [0.717, 1.165) is 43.4 Å². The van der Waals surface area contributed by atoms with Crippen LogP contribution in [0.1, 0.15) is 49.2 Å². The second-order valence-electron chi connectivity index (χ2n) is 6.99. The highest BCUT2D eigenvalue weighted by Crippen LogP contribution is 2.43. The number of rotatable bonds is 2. The molecule has 0 bridgehead atoms. The molecule has 1 atom stereocenters. The van der Waals surface area contributed by atoms with Gasteiger partial charge in [0.25, 0.3) is 0 Å². The van der Waals surface area contributed by atoms with E-state index in [9.17, 15) is 9.90 Å². The van der Waals surface area contributed by atoms with Gasteiger partial charge in [0.1, 0.15) is 5.82 Å². The highest BCUT2D eigenvalue weighted by molar-refractivity contribution is 5.75. The average molecular weight is 332 g/mol. The lowest BCUT2D eigenvalue weighted by atomic mass is 9.91. The Morgan fingerprint density at radius 3 is 3.12 bits per heavy atom. The van der Waals surface area contributed by atoms with Crippen LogP contribution in [0.5, 0.6) is 0 Å². The monoisotopic (exact) mass is 332 g/mol. The number of nitrogens with one attached hydrogen (secondary N) is 1. The molecule has 1 aromatic rings. The van der Waals surface area contributed by atoms with E-state index in [-0.39, 0.29) is 11.6 Å². The molecule has 2 aliphatic heterocycles. The number of hydrogen-bond donors (Lipinski definition) is 2. The fourth-order valence-electron chi connectivity index (χ4n) is 4.32. The Kier molecular flexibility index (Phi) is 4.14. The van der Waals surface area contributed by atoms with Gasteiger partial charge in [-0.05, 0) is 19.3 Å². The summed E-state index contributed by atoms with van der Waals surface area (Å²) in [6, 6.07) is -0.113. The number of fused-ring (bicyclic) bond motifs is 1. The van der Waals surface area contributed by atoms with Gasteiger partial charge in [-0.15, -0.1) is 0 Å². The molecule has 7 heteroatoms. The molecule has 1 unspecified atom stereocenters. The molecule has 2 N–H and O–H groups in total. The summed E-state index contributed by atoms with van der Waals surface area (Å²) in [7, 11) is 0. The van der Waals surface area contributed by atoms with E-state index in [4.69, 9.17) is 4.74 Å². The van der Waals surface area contributed by atoms with Crippen LogP contribution in [0, 0.1) is 0 Å². The third kappa shape index (κ3) is 2.65. The maximum Gasteiger partial charge on any atom is 0.318 e. The van der Waals surface area contributed by atoms with E-state index < -0.39 is 6.10 Å². The smallest absolute Gasteiger partial charge is 0.318 e. The van der Waals surface area contributed by atoms with Crippen molar-refractivity contribution in [2.75, 3.05) is 13.2 Å². The van der Waals surface area contributed by atoms with E-state index in [1.165, 1.54) is 0 Å². The molecule has 7 nitrogen and oxygen atoms in total. The van der Waals surface area contributed by atoms with E-state index in [1.54, 1.807) is 6.20 Å². The zero-order valence-electron chi connectivity index (χ0n) is 13.8. The van der Waals surface area contributed by atoms with Gasteiger partial charge in [-0.25, -0.2) is 14.8 Å². The number of hydrogen-bond acceptors (Lipinski definition) is 5. The van der Waals surface area contributed by atoms with Gasteiger partial charge in [-0.2, -0.15) is 0 Å². The van der Waals surface area contributed by atoms with Gasteiger partial charge in [0.15, 0.2) is 0 Å². The van der Waals surface area contributed by atoms with Crippen LogP contribution in [0.15, 0.2) is 6.20 Å². The van der Waals surface area contributed by atoms with Gasteiger partial charge >= 0.3 is 6.03 Å². The van der Waals surface area contributed by atoms with Crippen molar-refractivity contribution < 1.29 is 14.6 Å². The Balaban J connectivity index is 1.41. The molecule has 2 fully saturated rings. The van der Waals surface area contributed by atoms with Crippen molar-refractivity contribution in [2.45, 2.75) is 63.3 Å². The molecule has 1 aliphatic carbocycles. The Morgan fingerprint density at radius 1 is 1.46 bits per heavy atom. The van der Waals surface area contributed by atoms with Crippen molar-refractivity contribution in [1.29, 1.82) is 0 Å². The summed E-state index contributed by atoms with van der Waals surface area (Å²) in [5.41, 5.74) is 1.70. The summed E-state index contributed by atoms with van der Waals surface area (Å²) in [5, 5.41) is 13.3. The van der Waals surface area contributed by atoms with Crippen molar-refractivity contribution >= 4 is 6.03 Å². The molecule has 4 rings (SSSR count). The second-order valence-corrected chi connectivity index (χ2v) is 6.99. The molecule has 1 spiro atoms. The Labute approximate surface area is 141 Å². The van der Waals surface area contributed by atoms with E-state index in [1.807, 2.05) is 4.90 Å². The predicted molar refractivity (Wildman–Crippen MR) is 86.2 cm³/mol. The molecule has 130 valence electrons. The topological polar surface area (TPSA) is 87.6 Å². The zero-order chi connectivity index (χ0) is 16.6. The van der Waals surface area contributed by atoms with Gasteiger partial charge in [-0.3, -0.25) is 0 Å². The van der Waals surface area contributed by atoms with Crippen molar-refractivity contribution in [1.82, 2.24) is 20.2 Å². The number of ether oxygens (including phenoxy) is 1. The number of aromatic nitrogens is 2. The number of likely N-dealkylation sites (tertiary alicyclic amines) is 1. The SMILES string of the molecule is O=C(NCc1ncc2c(n1)CCOC2)N1CCC(O)C12CCCC2. The predicted octanol–water partition coefficient (Wildman–Crippen LogP) is 1.14. The van der Waals surface area contributed by atoms with Crippen LogP contribution in [0.25, 0.3) is 0 Å². The Bertz CT molecular complexity index is 630. The zero-order valence-corrected chi connectivity index (χ0v) is 13.8. The molecule has 2 amide bonds. The van der Waals surface area contributed by atoms with Crippen molar-refractivity contribution in [3.05, 3.63) is 23.3 Å². The normalized spacial score (nSPS) is 25.0. The lowest BCUT2D eigenvalue weighted by Crippen LogP contribution is -2.54. The van der Waals surface area contributed by atoms with Crippen molar-refractivity contribution in [3.8, 4) is 0 Å². The van der Waals surface area contributed by atoms with Crippen LogP contribution in [-0.4, -0.2) is 50.8 Å². The molecule has 0 radical (unpaired) electrons. The van der Waals surface area contributed by atoms with E-state index in [2.05, 4.69) is 15.3 Å². The van der Waals surface area contributed by atoms with Crippen molar-refractivity contribution in [3.63, 3.8) is 0 Å². The Hall–Kier alpha value is -1.73. The highest BCUT2D eigenvalue weighted by Gasteiger charge is 2.51. The summed E-state index contributed by atoms with van der Waals surface area (Å²) in [5.74, 6) is 0.629. The molecular formula is C17H24N4O3. The molecule has 1 saturated carbocycles. The first-order chi connectivity index (χ1) is 11.7. The van der Waals surface area contributed by atoms with Crippen molar-refractivity contribution in [2.24, 2.45) is 0 Å². The van der Waals surface area contributed by atoms with Crippen LogP contribution in [0.3, 0.4) is 0 Å². The largest absolute Gasteiger partial charge is 0.391 e. The van der Waals surface area contributed by atoms with Gasteiger partial charge in [0, 0.05) is 24.7 Å². The maximum atomic E-state index is 12.6. The molecule has 3 heterocycles. The molecule has 1 aromatic heterocycles. The summed E-state index contributed by atoms with van der Waals surface area (Å²) in [6.45, 7) is 2.19. The van der Waals surface area contributed by atoms with Crippen LogP contribution >= 0.6 is 0 Å². The molecular weight excluding hydrogens is 308 g/mol. The first-order valence-electron chi connectivity index (χ1n) is 8.84. The van der Waals surface area contributed by atoms with Gasteiger partial charge in [0.2, 0.25) is 0 Å². The average Bonchev–Trinajstić information content (AvgIpc) is 3.22. The fourth-order valence-corrected chi connectivity index (χ4v) is 4.32. The molecule has 0 aromatic carbocycles. The number of nitrogens with zero attached hydrogens (tertiary/aromatic N) is 3. The molecule has 1 saturated heterocycles. The van der Waals surface area contributed by atoms with E-state index in [0.29, 0.717) is 38.5 Å². The van der Waals surface area contributed by atoms with Gasteiger partial charge in [0.05, 0.1) is 37.1 Å². The summed E-state index contributed by atoms with van der Waals surface area (Å²) >= 11 is 0.